The first kappa shape index (κ1) is 20.5. The number of ether oxygens (including phenoxy) is 1. The minimum absolute atomic E-state index is 0.108. The molecule has 0 aliphatic carbocycles. The second-order valence-corrected chi connectivity index (χ2v) is 8.07. The average Bonchev–Trinajstić information content (AvgIpc) is 3.24. The van der Waals surface area contributed by atoms with Crippen molar-refractivity contribution in [3.8, 4) is 5.75 Å². The van der Waals surface area contributed by atoms with E-state index in [4.69, 9.17) is 20.8 Å². The minimum Gasteiger partial charge on any atom is -0.496 e. The lowest BCUT2D eigenvalue weighted by Gasteiger charge is -2.31. The van der Waals surface area contributed by atoms with Crippen molar-refractivity contribution >= 4 is 17.5 Å². The molecule has 30 heavy (non-hydrogen) atoms. The van der Waals surface area contributed by atoms with E-state index in [2.05, 4.69) is 4.98 Å². The maximum atomic E-state index is 12.9. The maximum absolute atomic E-state index is 12.9. The summed E-state index contributed by atoms with van der Waals surface area (Å²) in [6, 6.07) is 15.4. The van der Waals surface area contributed by atoms with Crippen LogP contribution in [-0.2, 0) is 17.6 Å². The fourth-order valence-corrected chi connectivity index (χ4v) is 4.05. The van der Waals surface area contributed by atoms with E-state index in [0.29, 0.717) is 25.3 Å². The largest absolute Gasteiger partial charge is 0.496 e. The topological polar surface area (TPSA) is 55.6 Å². The summed E-state index contributed by atoms with van der Waals surface area (Å²) in [5.74, 6) is 2.52. The number of benzene rings is 2. The number of halogens is 1. The first-order valence-electron chi connectivity index (χ1n) is 10.2. The van der Waals surface area contributed by atoms with Crippen LogP contribution in [-0.4, -0.2) is 36.0 Å². The highest BCUT2D eigenvalue weighted by atomic mass is 35.5. The zero-order valence-electron chi connectivity index (χ0n) is 17.0. The van der Waals surface area contributed by atoms with Gasteiger partial charge in [-0.25, -0.2) is 4.98 Å². The van der Waals surface area contributed by atoms with E-state index in [-0.39, 0.29) is 11.8 Å². The summed E-state index contributed by atoms with van der Waals surface area (Å²) in [5.41, 5.74) is 2.04. The molecule has 1 amide bonds. The number of para-hydroxylation sites is 1. The van der Waals surface area contributed by atoms with Gasteiger partial charge in [-0.1, -0.05) is 41.9 Å². The summed E-state index contributed by atoms with van der Waals surface area (Å²) < 4.78 is 11.4. The highest BCUT2D eigenvalue weighted by Gasteiger charge is 2.28. The maximum Gasteiger partial charge on any atom is 0.227 e. The summed E-state index contributed by atoms with van der Waals surface area (Å²) in [7, 11) is 1.63. The van der Waals surface area contributed by atoms with E-state index < -0.39 is 0 Å². The van der Waals surface area contributed by atoms with E-state index >= 15 is 0 Å². The number of nitrogens with zero attached hydrogens (tertiary/aromatic N) is 2. The number of likely N-dealkylation sites (tertiary alicyclic amines) is 1. The van der Waals surface area contributed by atoms with Gasteiger partial charge in [-0.3, -0.25) is 4.79 Å². The molecule has 1 aliphatic heterocycles. The fourth-order valence-electron chi connectivity index (χ4n) is 3.93. The number of hydrogen-bond donors (Lipinski definition) is 0. The second-order valence-electron chi connectivity index (χ2n) is 7.64. The van der Waals surface area contributed by atoms with Gasteiger partial charge < -0.3 is 14.1 Å². The molecule has 4 rings (SSSR count). The molecule has 1 aromatic heterocycles. The Morgan fingerprint density at radius 2 is 2.03 bits per heavy atom. The van der Waals surface area contributed by atoms with Crippen molar-refractivity contribution < 1.29 is 13.9 Å². The Bertz CT molecular complexity index is 1000. The molecule has 0 bridgehead atoms. The van der Waals surface area contributed by atoms with Gasteiger partial charge in [0.15, 0.2) is 5.89 Å². The molecule has 6 heteroatoms. The lowest BCUT2D eigenvalue weighted by atomic mass is 9.97. The molecule has 1 saturated heterocycles. The number of rotatable bonds is 6. The monoisotopic (exact) mass is 424 g/mol. The van der Waals surface area contributed by atoms with Gasteiger partial charge >= 0.3 is 0 Å². The first-order valence-corrected chi connectivity index (χ1v) is 10.6. The van der Waals surface area contributed by atoms with Crippen LogP contribution in [0.25, 0.3) is 0 Å². The summed E-state index contributed by atoms with van der Waals surface area (Å²) in [6.45, 7) is 1.40. The van der Waals surface area contributed by atoms with Crippen LogP contribution in [0.3, 0.4) is 0 Å². The molecule has 0 radical (unpaired) electrons. The Morgan fingerprint density at radius 3 is 2.83 bits per heavy atom. The van der Waals surface area contributed by atoms with Gasteiger partial charge in [-0.05, 0) is 36.6 Å². The van der Waals surface area contributed by atoms with Gasteiger partial charge in [-0.2, -0.15) is 0 Å². The minimum atomic E-state index is 0.108. The van der Waals surface area contributed by atoms with Crippen molar-refractivity contribution in [2.24, 2.45) is 0 Å². The number of carbonyl (C=O) groups excluding carboxylic acids is 1. The van der Waals surface area contributed by atoms with Crippen LogP contribution < -0.4 is 4.74 Å². The molecule has 1 atom stereocenters. The third-order valence-corrected chi connectivity index (χ3v) is 5.77. The molecule has 1 fully saturated rings. The fraction of sp³-hybridized carbons (Fsp3) is 0.333. The number of oxazole rings is 1. The number of hydrogen-bond acceptors (Lipinski definition) is 4. The molecule has 156 valence electrons. The Labute approximate surface area is 181 Å². The molecule has 0 unspecified atom stereocenters. The van der Waals surface area contributed by atoms with Crippen LogP contribution in [0.2, 0.25) is 5.02 Å². The van der Waals surface area contributed by atoms with Gasteiger partial charge in [-0.15, -0.1) is 0 Å². The van der Waals surface area contributed by atoms with Crippen molar-refractivity contribution in [3.05, 3.63) is 82.5 Å². The molecule has 1 aliphatic rings. The molecule has 5 nitrogen and oxygen atoms in total. The van der Waals surface area contributed by atoms with Crippen molar-refractivity contribution in [2.45, 2.75) is 31.6 Å². The first-order chi connectivity index (χ1) is 14.6. The SMILES string of the molecule is COc1ccccc1CC(=O)N1CCC[C@@H](c2ncc(Cc3ccc(Cl)cc3)o2)C1. The second kappa shape index (κ2) is 9.35. The summed E-state index contributed by atoms with van der Waals surface area (Å²) in [6.07, 6.45) is 4.72. The number of piperidine rings is 1. The number of amides is 1. The summed E-state index contributed by atoms with van der Waals surface area (Å²) in [4.78, 5) is 19.3. The predicted molar refractivity (Wildman–Crippen MR) is 116 cm³/mol. The van der Waals surface area contributed by atoms with Gasteiger partial charge in [0, 0.05) is 30.1 Å². The highest BCUT2D eigenvalue weighted by molar-refractivity contribution is 6.30. The van der Waals surface area contributed by atoms with Crippen LogP contribution in [0.4, 0.5) is 0 Å². The lowest BCUT2D eigenvalue weighted by Crippen LogP contribution is -2.40. The van der Waals surface area contributed by atoms with E-state index in [1.54, 1.807) is 13.3 Å². The van der Waals surface area contributed by atoms with Crippen LogP contribution in [0.1, 0.15) is 41.5 Å². The third-order valence-electron chi connectivity index (χ3n) is 5.52. The van der Waals surface area contributed by atoms with Gasteiger partial charge in [0.25, 0.3) is 0 Å². The quantitative estimate of drug-likeness (QED) is 0.566. The Balaban J connectivity index is 1.39. The third kappa shape index (κ3) is 4.85. The summed E-state index contributed by atoms with van der Waals surface area (Å²) in [5, 5.41) is 0.720. The van der Waals surface area contributed by atoms with Crippen molar-refractivity contribution in [1.29, 1.82) is 0 Å². The molecular formula is C24H25ClN2O3. The van der Waals surface area contributed by atoms with E-state index in [1.165, 1.54) is 0 Å². The molecule has 2 heterocycles. The predicted octanol–water partition coefficient (Wildman–Crippen LogP) is 4.88. The average molecular weight is 425 g/mol. The Hall–Kier alpha value is -2.79. The van der Waals surface area contributed by atoms with E-state index in [9.17, 15) is 4.79 Å². The Morgan fingerprint density at radius 1 is 1.23 bits per heavy atom. The summed E-state index contributed by atoms with van der Waals surface area (Å²) >= 11 is 5.95. The van der Waals surface area contributed by atoms with Gasteiger partial charge in [0.1, 0.15) is 11.5 Å². The molecule has 2 aromatic carbocycles. The lowest BCUT2D eigenvalue weighted by molar-refractivity contribution is -0.131. The zero-order chi connectivity index (χ0) is 20.9. The van der Waals surface area contributed by atoms with Gasteiger partial charge in [0.2, 0.25) is 5.91 Å². The zero-order valence-corrected chi connectivity index (χ0v) is 17.8. The van der Waals surface area contributed by atoms with E-state index in [1.807, 2.05) is 53.4 Å². The number of aromatic nitrogens is 1. The molecule has 0 spiro atoms. The van der Waals surface area contributed by atoms with Crippen LogP contribution >= 0.6 is 11.6 Å². The van der Waals surface area contributed by atoms with Crippen molar-refractivity contribution in [1.82, 2.24) is 9.88 Å². The van der Waals surface area contributed by atoms with Crippen LogP contribution in [0.5, 0.6) is 5.75 Å². The van der Waals surface area contributed by atoms with Crippen molar-refractivity contribution in [3.63, 3.8) is 0 Å². The van der Waals surface area contributed by atoms with Crippen LogP contribution in [0, 0.1) is 0 Å². The van der Waals surface area contributed by atoms with E-state index in [0.717, 1.165) is 47.0 Å². The standard InChI is InChI=1S/C24H25ClN2O3/c1-29-22-7-3-2-5-18(22)14-23(28)27-12-4-6-19(16-27)24-26-15-21(30-24)13-17-8-10-20(25)11-9-17/h2-3,5,7-11,15,19H,4,6,12-14,16H2,1H3/t19-/m1/s1. The number of carbonyl (C=O) groups is 1. The molecular weight excluding hydrogens is 400 g/mol. The smallest absolute Gasteiger partial charge is 0.227 e. The highest BCUT2D eigenvalue weighted by Crippen LogP contribution is 2.28. The number of methoxy groups -OCH3 is 1. The Kier molecular flexibility index (Phi) is 6.38. The molecule has 0 N–H and O–H groups in total. The molecule has 0 saturated carbocycles. The van der Waals surface area contributed by atoms with Crippen molar-refractivity contribution in [2.75, 3.05) is 20.2 Å². The normalized spacial score (nSPS) is 16.5. The molecule has 3 aromatic rings. The van der Waals surface area contributed by atoms with Crippen LogP contribution in [0.15, 0.2) is 59.1 Å². The van der Waals surface area contributed by atoms with Gasteiger partial charge in [0.05, 0.1) is 25.6 Å².